The lowest BCUT2D eigenvalue weighted by Crippen LogP contribution is -2.42. The zero-order chi connectivity index (χ0) is 19.3. The SMILES string of the molecule is CN=C(NCC(c1cnn(C)c1)N(C)C)NC(C)c1ccc(F)cc1F. The molecule has 26 heavy (non-hydrogen) atoms. The highest BCUT2D eigenvalue weighted by molar-refractivity contribution is 5.80. The van der Waals surface area contributed by atoms with Gasteiger partial charge < -0.3 is 15.5 Å². The fourth-order valence-electron chi connectivity index (χ4n) is 2.73. The Hall–Kier alpha value is -2.48. The summed E-state index contributed by atoms with van der Waals surface area (Å²) in [5, 5.41) is 10.6. The summed E-state index contributed by atoms with van der Waals surface area (Å²) in [5.74, 6) is -0.634. The van der Waals surface area contributed by atoms with E-state index in [4.69, 9.17) is 0 Å². The molecule has 8 heteroatoms. The van der Waals surface area contributed by atoms with Crippen LogP contribution in [0, 0.1) is 11.6 Å². The molecule has 6 nitrogen and oxygen atoms in total. The molecule has 0 bridgehead atoms. The minimum atomic E-state index is -0.591. The maximum absolute atomic E-state index is 13.9. The number of aromatic nitrogens is 2. The highest BCUT2D eigenvalue weighted by Gasteiger charge is 2.18. The van der Waals surface area contributed by atoms with E-state index in [0.29, 0.717) is 18.1 Å². The summed E-state index contributed by atoms with van der Waals surface area (Å²) in [6, 6.07) is 3.30. The number of guanidine groups is 1. The second-order valence-electron chi connectivity index (χ2n) is 6.41. The van der Waals surface area contributed by atoms with Crippen LogP contribution in [0.15, 0.2) is 35.6 Å². The van der Waals surface area contributed by atoms with Crippen LogP contribution in [0.3, 0.4) is 0 Å². The minimum absolute atomic E-state index is 0.0973. The van der Waals surface area contributed by atoms with Crippen molar-refractivity contribution in [2.45, 2.75) is 19.0 Å². The number of rotatable bonds is 6. The van der Waals surface area contributed by atoms with Crippen molar-refractivity contribution in [3.63, 3.8) is 0 Å². The Morgan fingerprint density at radius 3 is 2.62 bits per heavy atom. The molecule has 0 fully saturated rings. The van der Waals surface area contributed by atoms with E-state index in [2.05, 4.69) is 25.6 Å². The lowest BCUT2D eigenvalue weighted by atomic mass is 10.1. The van der Waals surface area contributed by atoms with Gasteiger partial charge in [0.1, 0.15) is 11.6 Å². The largest absolute Gasteiger partial charge is 0.354 e. The van der Waals surface area contributed by atoms with Crippen LogP contribution in [0.1, 0.15) is 30.1 Å². The van der Waals surface area contributed by atoms with Crippen LogP contribution in [0.25, 0.3) is 0 Å². The lowest BCUT2D eigenvalue weighted by Gasteiger charge is -2.25. The Balaban J connectivity index is 2.02. The van der Waals surface area contributed by atoms with Gasteiger partial charge in [0.2, 0.25) is 0 Å². The maximum atomic E-state index is 13.9. The quantitative estimate of drug-likeness (QED) is 0.610. The molecule has 2 atom stereocenters. The molecule has 2 rings (SSSR count). The lowest BCUT2D eigenvalue weighted by molar-refractivity contribution is 0.298. The van der Waals surface area contributed by atoms with Gasteiger partial charge in [-0.2, -0.15) is 5.10 Å². The van der Waals surface area contributed by atoms with Gasteiger partial charge in [0.25, 0.3) is 0 Å². The van der Waals surface area contributed by atoms with Crippen LogP contribution in [-0.2, 0) is 7.05 Å². The van der Waals surface area contributed by atoms with Crippen molar-refractivity contribution in [2.75, 3.05) is 27.7 Å². The van der Waals surface area contributed by atoms with E-state index >= 15 is 0 Å². The van der Waals surface area contributed by atoms with Crippen molar-refractivity contribution in [2.24, 2.45) is 12.0 Å². The Kier molecular flexibility index (Phi) is 6.68. The number of hydrogen-bond donors (Lipinski definition) is 2. The number of hydrogen-bond acceptors (Lipinski definition) is 3. The van der Waals surface area contributed by atoms with E-state index in [1.807, 2.05) is 33.5 Å². The third-order valence-electron chi connectivity index (χ3n) is 4.20. The molecule has 0 amide bonds. The number of nitrogens with one attached hydrogen (secondary N) is 2. The molecule has 0 radical (unpaired) electrons. The van der Waals surface area contributed by atoms with Crippen LogP contribution < -0.4 is 10.6 Å². The summed E-state index contributed by atoms with van der Waals surface area (Å²) in [4.78, 5) is 6.27. The number of benzene rings is 1. The Morgan fingerprint density at radius 2 is 2.08 bits per heavy atom. The van der Waals surface area contributed by atoms with E-state index in [1.165, 1.54) is 12.1 Å². The first kappa shape index (κ1) is 19.8. The van der Waals surface area contributed by atoms with E-state index in [9.17, 15) is 8.78 Å². The van der Waals surface area contributed by atoms with Crippen LogP contribution >= 0.6 is 0 Å². The number of aliphatic imine (C=N–C) groups is 1. The van der Waals surface area contributed by atoms with Crippen molar-refractivity contribution in [3.05, 3.63) is 53.4 Å². The molecule has 142 valence electrons. The first-order valence-corrected chi connectivity index (χ1v) is 8.39. The van der Waals surface area contributed by atoms with Crippen molar-refractivity contribution in [1.82, 2.24) is 25.3 Å². The van der Waals surface area contributed by atoms with Crippen LogP contribution in [-0.4, -0.2) is 48.3 Å². The summed E-state index contributed by atoms with van der Waals surface area (Å²) in [7, 11) is 7.51. The van der Waals surface area contributed by atoms with Gasteiger partial charge in [0.15, 0.2) is 5.96 Å². The van der Waals surface area contributed by atoms with Gasteiger partial charge in [-0.15, -0.1) is 0 Å². The molecule has 0 spiro atoms. The second-order valence-corrected chi connectivity index (χ2v) is 6.41. The van der Waals surface area contributed by atoms with Gasteiger partial charge in [-0.05, 0) is 27.1 Å². The van der Waals surface area contributed by atoms with Crippen LogP contribution in [0.4, 0.5) is 8.78 Å². The predicted molar refractivity (Wildman–Crippen MR) is 98.9 cm³/mol. The third-order valence-corrected chi connectivity index (χ3v) is 4.20. The smallest absolute Gasteiger partial charge is 0.191 e. The van der Waals surface area contributed by atoms with Gasteiger partial charge >= 0.3 is 0 Å². The molecule has 0 aliphatic carbocycles. The summed E-state index contributed by atoms with van der Waals surface area (Å²) in [6.45, 7) is 2.39. The summed E-state index contributed by atoms with van der Waals surface area (Å²) < 4.78 is 28.8. The number of likely N-dealkylation sites (N-methyl/N-ethyl adjacent to an activating group) is 1. The normalized spacial score (nSPS) is 14.4. The van der Waals surface area contributed by atoms with Crippen molar-refractivity contribution < 1.29 is 8.78 Å². The number of aryl methyl sites for hydroxylation is 1. The Labute approximate surface area is 152 Å². The maximum Gasteiger partial charge on any atom is 0.191 e. The fourth-order valence-corrected chi connectivity index (χ4v) is 2.73. The summed E-state index contributed by atoms with van der Waals surface area (Å²) in [5.41, 5.74) is 1.46. The van der Waals surface area contributed by atoms with Gasteiger partial charge in [0, 0.05) is 44.0 Å². The molecule has 0 aliphatic heterocycles. The van der Waals surface area contributed by atoms with E-state index < -0.39 is 11.6 Å². The second kappa shape index (κ2) is 8.75. The molecule has 1 heterocycles. The van der Waals surface area contributed by atoms with Crippen LogP contribution in [0.2, 0.25) is 0 Å². The monoisotopic (exact) mass is 364 g/mol. The molecule has 2 aromatic rings. The van der Waals surface area contributed by atoms with E-state index in [0.717, 1.165) is 11.6 Å². The van der Waals surface area contributed by atoms with E-state index in [-0.39, 0.29) is 12.1 Å². The Morgan fingerprint density at radius 1 is 1.35 bits per heavy atom. The van der Waals surface area contributed by atoms with Crippen molar-refractivity contribution in [3.8, 4) is 0 Å². The van der Waals surface area contributed by atoms with E-state index in [1.54, 1.807) is 18.7 Å². The summed E-state index contributed by atoms with van der Waals surface area (Å²) >= 11 is 0. The summed E-state index contributed by atoms with van der Waals surface area (Å²) in [6.07, 6.45) is 3.80. The van der Waals surface area contributed by atoms with Gasteiger partial charge in [-0.1, -0.05) is 6.07 Å². The van der Waals surface area contributed by atoms with Gasteiger partial charge in [-0.25, -0.2) is 8.78 Å². The van der Waals surface area contributed by atoms with Gasteiger partial charge in [-0.3, -0.25) is 9.67 Å². The van der Waals surface area contributed by atoms with Crippen LogP contribution in [0.5, 0.6) is 0 Å². The number of nitrogens with zero attached hydrogens (tertiary/aromatic N) is 4. The topological polar surface area (TPSA) is 57.5 Å². The fraction of sp³-hybridized carbons (Fsp3) is 0.444. The minimum Gasteiger partial charge on any atom is -0.354 e. The molecule has 2 N–H and O–H groups in total. The zero-order valence-electron chi connectivity index (χ0n) is 15.8. The molecular formula is C18H26F2N6. The standard InChI is InChI=1S/C18H26F2N6/c1-12(15-7-6-14(19)8-16(15)20)24-18(21-2)22-10-17(25(3)4)13-9-23-26(5)11-13/h6-9,11-12,17H,10H2,1-5H3,(H2,21,22,24). The number of halogens is 2. The molecule has 0 saturated carbocycles. The molecule has 0 saturated heterocycles. The third kappa shape index (κ3) is 5.01. The van der Waals surface area contributed by atoms with Gasteiger partial charge in [0.05, 0.1) is 18.3 Å². The molecule has 0 aliphatic rings. The first-order valence-electron chi connectivity index (χ1n) is 8.39. The first-order chi connectivity index (χ1) is 12.3. The highest BCUT2D eigenvalue weighted by Crippen LogP contribution is 2.18. The Bertz CT molecular complexity index is 756. The molecule has 1 aromatic heterocycles. The highest BCUT2D eigenvalue weighted by atomic mass is 19.1. The molecular weight excluding hydrogens is 338 g/mol. The average Bonchev–Trinajstić information content (AvgIpc) is 2.99. The van der Waals surface area contributed by atoms with Crippen molar-refractivity contribution >= 4 is 5.96 Å². The zero-order valence-corrected chi connectivity index (χ0v) is 15.8. The molecule has 2 unspecified atom stereocenters. The van der Waals surface area contributed by atoms with Crippen molar-refractivity contribution in [1.29, 1.82) is 0 Å². The average molecular weight is 364 g/mol. The molecule has 1 aromatic carbocycles. The predicted octanol–water partition coefficient (Wildman–Crippen LogP) is 2.23.